The minimum Gasteiger partial charge on any atom is -0.277 e. The Labute approximate surface area is 298 Å². The van der Waals surface area contributed by atoms with Crippen LogP contribution in [-0.2, 0) is 0 Å². The minimum absolute atomic E-state index is 0.616. The highest BCUT2D eigenvalue weighted by Gasteiger charge is 2.24. The summed E-state index contributed by atoms with van der Waals surface area (Å²) in [7, 11) is 0. The lowest BCUT2D eigenvalue weighted by Gasteiger charge is -2.13. The second-order valence-corrected chi connectivity index (χ2v) is 13.3. The number of hydrogen-bond donors (Lipinski definition) is 0. The van der Waals surface area contributed by atoms with Gasteiger partial charge in [0.1, 0.15) is 11.3 Å². The van der Waals surface area contributed by atoms with Crippen LogP contribution >= 0.6 is 0 Å². The number of hydrogen-bond acceptors (Lipinski definition) is 3. The summed E-state index contributed by atoms with van der Waals surface area (Å²) in [6.07, 6.45) is 0. The number of fused-ring (bicyclic) bond motifs is 11. The summed E-state index contributed by atoms with van der Waals surface area (Å²) in [5, 5.41) is 5.53. The molecule has 5 nitrogen and oxygen atoms in total. The van der Waals surface area contributed by atoms with Crippen LogP contribution in [0.15, 0.2) is 176 Å². The fourth-order valence-electron chi connectivity index (χ4n) is 7.94. The molecule has 0 atom stereocenters. The molecule has 4 aromatic heterocycles. The molecular formula is C47H29N5. The van der Waals surface area contributed by atoms with E-state index in [4.69, 9.17) is 15.0 Å². The van der Waals surface area contributed by atoms with E-state index >= 15 is 0 Å². The number of aromatic nitrogens is 5. The summed E-state index contributed by atoms with van der Waals surface area (Å²) in [6, 6.07) is 61.9. The normalized spacial score (nSPS) is 11.8. The molecular weight excluding hydrogens is 635 g/mol. The standard InChI is InChI=1S/C47H29N5/c1-3-14-30(15-4-1)32-18-13-19-33(28-32)34-26-27-41-38(29-34)43-35-20-7-8-21-36(35)45-48-40-24-11-12-25-42(40)51(45)46(43)52(41)47-49-39-23-10-9-22-37(39)44(50-47)31-16-5-2-6-17-31/h1-29H. The average molecular weight is 664 g/mol. The van der Waals surface area contributed by atoms with E-state index in [1.54, 1.807) is 0 Å². The van der Waals surface area contributed by atoms with Crippen molar-refractivity contribution in [2.24, 2.45) is 0 Å². The van der Waals surface area contributed by atoms with Crippen molar-refractivity contribution in [3.63, 3.8) is 0 Å². The largest absolute Gasteiger partial charge is 0.277 e. The van der Waals surface area contributed by atoms with Gasteiger partial charge >= 0.3 is 0 Å². The van der Waals surface area contributed by atoms with Crippen LogP contribution in [0.4, 0.5) is 0 Å². The summed E-state index contributed by atoms with van der Waals surface area (Å²) in [5.74, 6) is 0.616. The molecule has 0 saturated heterocycles. The van der Waals surface area contributed by atoms with Gasteiger partial charge in [-0.05, 0) is 64.0 Å². The van der Waals surface area contributed by atoms with E-state index in [-0.39, 0.29) is 0 Å². The first-order valence-corrected chi connectivity index (χ1v) is 17.5. The average Bonchev–Trinajstić information content (AvgIpc) is 3.78. The van der Waals surface area contributed by atoms with Crippen LogP contribution in [0.1, 0.15) is 0 Å². The zero-order chi connectivity index (χ0) is 34.2. The summed E-state index contributed by atoms with van der Waals surface area (Å²) in [4.78, 5) is 15.9. The SMILES string of the molecule is c1ccc(-c2cccc(-c3ccc4c(c3)c3c5ccccc5c5nc6ccccc6n5c3n4-c3nc(-c4ccccc4)c4ccccc4n3)c2)cc1. The molecule has 0 saturated carbocycles. The molecule has 0 radical (unpaired) electrons. The molecule has 0 aliphatic heterocycles. The molecule has 242 valence electrons. The van der Waals surface area contributed by atoms with Crippen LogP contribution in [0, 0.1) is 0 Å². The van der Waals surface area contributed by atoms with E-state index in [9.17, 15) is 0 Å². The third kappa shape index (κ3) is 4.26. The van der Waals surface area contributed by atoms with E-state index in [1.807, 2.05) is 12.1 Å². The van der Waals surface area contributed by atoms with E-state index in [0.717, 1.165) is 82.7 Å². The maximum atomic E-state index is 5.41. The van der Waals surface area contributed by atoms with Crippen molar-refractivity contribution in [3.05, 3.63) is 176 Å². The molecule has 0 amide bonds. The van der Waals surface area contributed by atoms with Crippen LogP contribution in [-0.4, -0.2) is 23.9 Å². The zero-order valence-electron chi connectivity index (χ0n) is 28.0. The Morgan fingerprint density at radius 1 is 0.365 bits per heavy atom. The Kier molecular flexibility index (Phi) is 6.18. The quantitative estimate of drug-likeness (QED) is 0.188. The minimum atomic E-state index is 0.616. The molecule has 0 fully saturated rings. The molecule has 0 spiro atoms. The topological polar surface area (TPSA) is 48.0 Å². The Morgan fingerprint density at radius 3 is 1.79 bits per heavy atom. The van der Waals surface area contributed by atoms with Crippen molar-refractivity contribution in [1.29, 1.82) is 0 Å². The number of para-hydroxylation sites is 3. The van der Waals surface area contributed by atoms with Crippen molar-refractivity contribution < 1.29 is 0 Å². The van der Waals surface area contributed by atoms with Gasteiger partial charge in [0.2, 0.25) is 5.95 Å². The van der Waals surface area contributed by atoms with Crippen molar-refractivity contribution >= 4 is 60.3 Å². The lowest BCUT2D eigenvalue weighted by molar-refractivity contribution is 0.991. The smallest absolute Gasteiger partial charge is 0.236 e. The molecule has 4 heterocycles. The molecule has 0 unspecified atom stereocenters. The highest BCUT2D eigenvalue weighted by molar-refractivity contribution is 6.24. The number of nitrogens with zero attached hydrogens (tertiary/aromatic N) is 5. The molecule has 0 N–H and O–H groups in total. The molecule has 11 rings (SSSR count). The predicted molar refractivity (Wildman–Crippen MR) is 214 cm³/mol. The molecule has 11 aromatic rings. The maximum Gasteiger partial charge on any atom is 0.236 e. The van der Waals surface area contributed by atoms with E-state index in [1.165, 1.54) is 11.1 Å². The molecule has 7 aromatic carbocycles. The number of pyridine rings is 1. The van der Waals surface area contributed by atoms with Gasteiger partial charge in [-0.25, -0.2) is 15.0 Å². The summed E-state index contributed by atoms with van der Waals surface area (Å²) >= 11 is 0. The number of benzene rings is 7. The van der Waals surface area contributed by atoms with Gasteiger partial charge in [0.15, 0.2) is 0 Å². The van der Waals surface area contributed by atoms with Crippen molar-refractivity contribution in [2.75, 3.05) is 0 Å². The number of rotatable bonds is 4. The molecule has 0 bridgehead atoms. The van der Waals surface area contributed by atoms with Crippen LogP contribution in [0.2, 0.25) is 0 Å². The van der Waals surface area contributed by atoms with Crippen LogP contribution in [0.3, 0.4) is 0 Å². The Hall–Kier alpha value is -7.11. The monoisotopic (exact) mass is 663 g/mol. The van der Waals surface area contributed by atoms with Gasteiger partial charge in [-0.2, -0.15) is 0 Å². The van der Waals surface area contributed by atoms with E-state index < -0.39 is 0 Å². The van der Waals surface area contributed by atoms with E-state index in [2.05, 4.69) is 173 Å². The Bertz CT molecular complexity index is 3180. The van der Waals surface area contributed by atoms with Crippen LogP contribution in [0.25, 0.3) is 99.8 Å². The second-order valence-electron chi connectivity index (χ2n) is 13.3. The lowest BCUT2D eigenvalue weighted by Crippen LogP contribution is -2.06. The summed E-state index contributed by atoms with van der Waals surface area (Å²) in [6.45, 7) is 0. The van der Waals surface area contributed by atoms with Gasteiger partial charge in [-0.1, -0.05) is 140 Å². The van der Waals surface area contributed by atoms with Crippen molar-refractivity contribution in [3.8, 4) is 39.5 Å². The lowest BCUT2D eigenvalue weighted by atomic mass is 9.97. The first-order chi connectivity index (χ1) is 25.8. The Morgan fingerprint density at radius 2 is 0.981 bits per heavy atom. The van der Waals surface area contributed by atoms with Gasteiger partial charge in [-0.3, -0.25) is 8.97 Å². The highest BCUT2D eigenvalue weighted by atomic mass is 15.2. The first kappa shape index (κ1) is 28.7. The third-order valence-corrected chi connectivity index (χ3v) is 10.3. The van der Waals surface area contributed by atoms with Gasteiger partial charge in [0.25, 0.3) is 0 Å². The van der Waals surface area contributed by atoms with Gasteiger partial charge in [0.05, 0.1) is 27.8 Å². The fraction of sp³-hybridized carbons (Fsp3) is 0. The Balaban J connectivity index is 1.30. The third-order valence-electron chi connectivity index (χ3n) is 10.3. The maximum absolute atomic E-state index is 5.41. The van der Waals surface area contributed by atoms with Gasteiger partial charge in [0, 0.05) is 27.1 Å². The van der Waals surface area contributed by atoms with Crippen LogP contribution < -0.4 is 0 Å². The highest BCUT2D eigenvalue weighted by Crippen LogP contribution is 2.42. The van der Waals surface area contributed by atoms with E-state index in [0.29, 0.717) is 5.95 Å². The van der Waals surface area contributed by atoms with Gasteiger partial charge in [-0.15, -0.1) is 0 Å². The second kappa shape index (κ2) is 11.2. The number of imidazole rings is 1. The first-order valence-electron chi connectivity index (χ1n) is 17.5. The van der Waals surface area contributed by atoms with Crippen molar-refractivity contribution in [2.45, 2.75) is 0 Å². The molecule has 0 aliphatic rings. The predicted octanol–water partition coefficient (Wildman–Crippen LogP) is 11.7. The zero-order valence-corrected chi connectivity index (χ0v) is 28.0. The summed E-state index contributed by atoms with van der Waals surface area (Å²) in [5.41, 5.74) is 12.5. The molecule has 52 heavy (non-hydrogen) atoms. The molecule has 5 heteroatoms. The molecule has 0 aliphatic carbocycles. The fourth-order valence-corrected chi connectivity index (χ4v) is 7.94. The van der Waals surface area contributed by atoms with Crippen LogP contribution in [0.5, 0.6) is 0 Å². The summed E-state index contributed by atoms with van der Waals surface area (Å²) < 4.78 is 4.56. The van der Waals surface area contributed by atoms with Crippen molar-refractivity contribution in [1.82, 2.24) is 23.9 Å². The van der Waals surface area contributed by atoms with Gasteiger partial charge < -0.3 is 0 Å².